The van der Waals surface area contributed by atoms with E-state index in [0.717, 1.165) is 19.3 Å². The molecule has 2 amide bonds. The average molecular weight is 363 g/mol. The number of unbranched alkanes of at least 4 members (excludes halogenated alkanes) is 1. The third-order valence-electron chi connectivity index (χ3n) is 4.02. The van der Waals surface area contributed by atoms with E-state index in [9.17, 15) is 9.59 Å². The highest BCUT2D eigenvalue weighted by molar-refractivity contribution is 6.05. The summed E-state index contributed by atoms with van der Waals surface area (Å²) in [4.78, 5) is 28.4. The zero-order valence-corrected chi connectivity index (χ0v) is 15.1. The first-order valence-corrected chi connectivity index (χ1v) is 8.88. The number of amides is 2. The van der Waals surface area contributed by atoms with E-state index >= 15 is 0 Å². The van der Waals surface area contributed by atoms with Crippen LogP contribution in [0.4, 0.5) is 11.7 Å². The number of carbonyl (C=O) groups is 2. The van der Waals surface area contributed by atoms with Gasteiger partial charge in [-0.05, 0) is 42.7 Å². The molecule has 2 N–H and O–H groups in total. The van der Waals surface area contributed by atoms with Gasteiger partial charge in [0.2, 0.25) is 0 Å². The molecule has 0 spiro atoms. The Bertz CT molecular complexity index is 902. The van der Waals surface area contributed by atoms with Crippen LogP contribution in [0.2, 0.25) is 0 Å². The lowest BCUT2D eigenvalue weighted by Crippen LogP contribution is -2.14. The average Bonchev–Trinajstić information content (AvgIpc) is 3.17. The monoisotopic (exact) mass is 363 g/mol. The highest BCUT2D eigenvalue weighted by atomic mass is 16.4. The van der Waals surface area contributed by atoms with Crippen molar-refractivity contribution in [2.45, 2.75) is 26.2 Å². The number of anilines is 2. The zero-order chi connectivity index (χ0) is 19.1. The fourth-order valence-corrected chi connectivity index (χ4v) is 2.53. The zero-order valence-electron chi connectivity index (χ0n) is 15.1. The second kappa shape index (κ2) is 8.80. The summed E-state index contributed by atoms with van der Waals surface area (Å²) in [5.74, 6) is -0.757. The molecule has 0 saturated carbocycles. The normalized spacial score (nSPS) is 10.4. The summed E-state index contributed by atoms with van der Waals surface area (Å²) >= 11 is 0. The van der Waals surface area contributed by atoms with Crippen molar-refractivity contribution in [3.63, 3.8) is 0 Å². The van der Waals surface area contributed by atoms with E-state index in [2.05, 4.69) is 22.5 Å². The number of nitrogens with one attached hydrogen (secondary N) is 2. The van der Waals surface area contributed by atoms with Crippen molar-refractivity contribution >= 4 is 23.5 Å². The van der Waals surface area contributed by atoms with Crippen LogP contribution in [0.1, 0.15) is 46.2 Å². The topological polar surface area (TPSA) is 84.2 Å². The Morgan fingerprint density at radius 2 is 1.70 bits per heavy atom. The van der Waals surface area contributed by atoms with Crippen molar-refractivity contribution in [3.05, 3.63) is 77.7 Å². The Hall–Kier alpha value is -3.41. The van der Waals surface area contributed by atoms with Crippen molar-refractivity contribution in [1.29, 1.82) is 0 Å². The Balaban J connectivity index is 1.59. The SMILES string of the molecule is CCCCc1ccc(NC(=O)c2coc(NC(=O)c3ccccc3)n2)cc1. The van der Waals surface area contributed by atoms with Gasteiger partial charge in [0.05, 0.1) is 0 Å². The largest absolute Gasteiger partial charge is 0.431 e. The van der Waals surface area contributed by atoms with E-state index in [1.54, 1.807) is 24.3 Å². The van der Waals surface area contributed by atoms with Crippen molar-refractivity contribution in [2.24, 2.45) is 0 Å². The van der Waals surface area contributed by atoms with E-state index in [1.165, 1.54) is 11.8 Å². The van der Waals surface area contributed by atoms with Crippen LogP contribution >= 0.6 is 0 Å². The number of benzene rings is 2. The maximum atomic E-state index is 12.3. The first-order chi connectivity index (χ1) is 13.2. The standard InChI is InChI=1S/C21H21N3O3/c1-2-3-7-15-10-12-17(13-11-15)22-20(26)18-14-27-21(23-18)24-19(25)16-8-5-4-6-9-16/h4-6,8-14H,2-3,7H2,1H3,(H,22,26)(H,23,24,25). The predicted molar refractivity (Wildman–Crippen MR) is 104 cm³/mol. The number of aromatic nitrogens is 1. The molecule has 1 heterocycles. The van der Waals surface area contributed by atoms with E-state index in [4.69, 9.17) is 4.42 Å². The van der Waals surface area contributed by atoms with E-state index in [0.29, 0.717) is 11.3 Å². The fourth-order valence-electron chi connectivity index (χ4n) is 2.53. The van der Waals surface area contributed by atoms with Gasteiger partial charge < -0.3 is 9.73 Å². The smallest absolute Gasteiger partial charge is 0.302 e. The number of carbonyl (C=O) groups excluding carboxylic acids is 2. The number of aryl methyl sites for hydroxylation is 1. The van der Waals surface area contributed by atoms with Crippen LogP contribution in [0, 0.1) is 0 Å². The molecule has 0 aliphatic rings. The van der Waals surface area contributed by atoms with E-state index < -0.39 is 5.91 Å². The van der Waals surface area contributed by atoms with Crippen LogP contribution in [-0.2, 0) is 6.42 Å². The Morgan fingerprint density at radius 1 is 0.963 bits per heavy atom. The molecule has 0 bridgehead atoms. The summed E-state index contributed by atoms with van der Waals surface area (Å²) in [6, 6.07) is 16.4. The van der Waals surface area contributed by atoms with Crippen LogP contribution in [0.5, 0.6) is 0 Å². The Labute approximate surface area is 157 Å². The second-order valence-corrected chi connectivity index (χ2v) is 6.11. The molecule has 6 heteroatoms. The lowest BCUT2D eigenvalue weighted by molar-refractivity contribution is 0.101. The van der Waals surface area contributed by atoms with Crippen molar-refractivity contribution < 1.29 is 14.0 Å². The van der Waals surface area contributed by atoms with Crippen LogP contribution in [0.15, 0.2) is 65.3 Å². The number of oxazole rings is 1. The van der Waals surface area contributed by atoms with Crippen molar-refractivity contribution in [3.8, 4) is 0 Å². The van der Waals surface area contributed by atoms with Gasteiger partial charge in [0.1, 0.15) is 6.26 Å². The molecule has 0 aliphatic heterocycles. The molecule has 0 unspecified atom stereocenters. The minimum absolute atomic E-state index is 0.0242. The minimum atomic E-state index is -0.403. The Morgan fingerprint density at radius 3 is 2.41 bits per heavy atom. The molecule has 27 heavy (non-hydrogen) atoms. The van der Waals surface area contributed by atoms with Gasteiger partial charge in [-0.2, -0.15) is 4.98 Å². The molecule has 0 aliphatic carbocycles. The van der Waals surface area contributed by atoms with Crippen LogP contribution < -0.4 is 10.6 Å². The first kappa shape index (κ1) is 18.4. The maximum absolute atomic E-state index is 12.3. The lowest BCUT2D eigenvalue weighted by atomic mass is 10.1. The quantitative estimate of drug-likeness (QED) is 0.646. The molecule has 3 rings (SSSR count). The Kier molecular flexibility index (Phi) is 5.99. The van der Waals surface area contributed by atoms with Gasteiger partial charge in [0, 0.05) is 11.3 Å². The number of hydrogen-bond donors (Lipinski definition) is 2. The molecule has 0 radical (unpaired) electrons. The van der Waals surface area contributed by atoms with Gasteiger partial charge >= 0.3 is 6.01 Å². The summed E-state index contributed by atoms with van der Waals surface area (Å²) in [5.41, 5.74) is 2.48. The van der Waals surface area contributed by atoms with Crippen molar-refractivity contribution in [2.75, 3.05) is 10.6 Å². The highest BCUT2D eigenvalue weighted by Gasteiger charge is 2.15. The molecular formula is C21H21N3O3. The van der Waals surface area contributed by atoms with Gasteiger partial charge in [-0.3, -0.25) is 14.9 Å². The van der Waals surface area contributed by atoms with Gasteiger partial charge in [-0.15, -0.1) is 0 Å². The second-order valence-electron chi connectivity index (χ2n) is 6.11. The molecular weight excluding hydrogens is 342 g/mol. The molecule has 1 aromatic heterocycles. The van der Waals surface area contributed by atoms with Crippen LogP contribution in [-0.4, -0.2) is 16.8 Å². The third kappa shape index (κ3) is 5.04. The van der Waals surface area contributed by atoms with Gasteiger partial charge in [0.15, 0.2) is 5.69 Å². The summed E-state index contributed by atoms with van der Waals surface area (Å²) in [6.07, 6.45) is 4.53. The molecule has 6 nitrogen and oxygen atoms in total. The summed E-state index contributed by atoms with van der Waals surface area (Å²) < 4.78 is 5.18. The van der Waals surface area contributed by atoms with Gasteiger partial charge in [-0.25, -0.2) is 0 Å². The van der Waals surface area contributed by atoms with Gasteiger partial charge in [-0.1, -0.05) is 43.7 Å². The maximum Gasteiger partial charge on any atom is 0.302 e. The van der Waals surface area contributed by atoms with Crippen molar-refractivity contribution in [1.82, 2.24) is 4.98 Å². The lowest BCUT2D eigenvalue weighted by Gasteiger charge is -2.05. The molecule has 0 atom stereocenters. The summed E-state index contributed by atoms with van der Waals surface area (Å²) in [7, 11) is 0. The highest BCUT2D eigenvalue weighted by Crippen LogP contribution is 2.15. The third-order valence-corrected chi connectivity index (χ3v) is 4.02. The summed E-state index contributed by atoms with van der Waals surface area (Å²) in [6.45, 7) is 2.16. The molecule has 138 valence electrons. The number of rotatable bonds is 7. The van der Waals surface area contributed by atoms with E-state index in [1.807, 2.05) is 30.3 Å². The molecule has 2 aromatic carbocycles. The van der Waals surface area contributed by atoms with Gasteiger partial charge in [0.25, 0.3) is 11.8 Å². The summed E-state index contributed by atoms with van der Waals surface area (Å²) in [5, 5.41) is 5.29. The van der Waals surface area contributed by atoms with E-state index in [-0.39, 0.29) is 17.6 Å². The number of hydrogen-bond acceptors (Lipinski definition) is 4. The predicted octanol–water partition coefficient (Wildman–Crippen LogP) is 4.52. The molecule has 0 saturated heterocycles. The van der Waals surface area contributed by atoms with Crippen LogP contribution in [0.25, 0.3) is 0 Å². The van der Waals surface area contributed by atoms with Crippen LogP contribution in [0.3, 0.4) is 0 Å². The number of nitrogens with zero attached hydrogens (tertiary/aromatic N) is 1. The fraction of sp³-hybridized carbons (Fsp3) is 0.190. The molecule has 3 aromatic rings. The molecule has 0 fully saturated rings. The minimum Gasteiger partial charge on any atom is -0.431 e. The first-order valence-electron chi connectivity index (χ1n) is 8.88.